The summed E-state index contributed by atoms with van der Waals surface area (Å²) in [7, 11) is 1.60. The number of rotatable bonds is 6. The lowest BCUT2D eigenvalue weighted by Gasteiger charge is -2.31. The van der Waals surface area contributed by atoms with Crippen molar-refractivity contribution >= 4 is 46.4 Å². The maximum Gasteiger partial charge on any atom is 0.215 e. The van der Waals surface area contributed by atoms with Gasteiger partial charge in [-0.3, -0.25) is 0 Å². The van der Waals surface area contributed by atoms with Crippen LogP contribution in [0.5, 0.6) is 0 Å². The summed E-state index contributed by atoms with van der Waals surface area (Å²) in [5, 5.41) is 2.01. The van der Waals surface area contributed by atoms with Crippen molar-refractivity contribution in [2.45, 2.75) is 24.5 Å². The molecule has 0 aliphatic carbocycles. The Hall–Kier alpha value is -1.31. The topological polar surface area (TPSA) is 45.5 Å². The summed E-state index contributed by atoms with van der Waals surface area (Å²) in [6, 6.07) is 10.5. The van der Waals surface area contributed by atoms with Crippen LogP contribution >= 0.6 is 46.4 Å². The zero-order chi connectivity index (χ0) is 21.3. The second-order valence-electron chi connectivity index (χ2n) is 6.90. The van der Waals surface area contributed by atoms with E-state index in [0.717, 1.165) is 5.56 Å². The van der Waals surface area contributed by atoms with Crippen LogP contribution in [0.15, 0.2) is 55.1 Å². The van der Waals surface area contributed by atoms with E-state index in [1.54, 1.807) is 50.0 Å². The SMILES string of the molecule is COC(c1ccc(Cl)cc1Cl)[C@@H]1CO[C@@](Cn2ccnc2)(c2ccc(Cl)cc2Cl)O1. The zero-order valence-corrected chi connectivity index (χ0v) is 18.9. The van der Waals surface area contributed by atoms with Gasteiger partial charge in [0.05, 0.1) is 24.5 Å². The average Bonchev–Trinajstić information content (AvgIpc) is 3.35. The summed E-state index contributed by atoms with van der Waals surface area (Å²) in [6.07, 6.45) is 4.30. The number of ether oxygens (including phenoxy) is 3. The van der Waals surface area contributed by atoms with E-state index >= 15 is 0 Å². The molecule has 0 saturated carbocycles. The fraction of sp³-hybridized carbons (Fsp3) is 0.286. The molecule has 0 bridgehead atoms. The Kier molecular flexibility index (Phi) is 6.61. The van der Waals surface area contributed by atoms with Gasteiger partial charge in [0, 0.05) is 45.7 Å². The summed E-state index contributed by atoms with van der Waals surface area (Å²) in [5.74, 6) is -1.15. The van der Waals surface area contributed by atoms with Crippen molar-refractivity contribution in [3.05, 3.63) is 86.3 Å². The van der Waals surface area contributed by atoms with E-state index in [4.69, 9.17) is 60.6 Å². The van der Waals surface area contributed by atoms with E-state index in [2.05, 4.69) is 4.98 Å². The predicted octanol–water partition coefficient (Wildman–Crippen LogP) is 6.15. The fourth-order valence-electron chi connectivity index (χ4n) is 3.62. The monoisotopic (exact) mass is 486 g/mol. The normalized spacial score (nSPS) is 22.4. The highest BCUT2D eigenvalue weighted by Gasteiger charge is 2.48. The van der Waals surface area contributed by atoms with Crippen LogP contribution in [0.3, 0.4) is 0 Å². The first-order valence-corrected chi connectivity index (χ1v) is 10.6. The Morgan fingerprint density at radius 2 is 1.87 bits per heavy atom. The third kappa shape index (κ3) is 4.34. The smallest absolute Gasteiger partial charge is 0.215 e. The Bertz CT molecular complexity index is 1030. The maximum atomic E-state index is 6.52. The van der Waals surface area contributed by atoms with Gasteiger partial charge < -0.3 is 18.8 Å². The second kappa shape index (κ2) is 9.05. The van der Waals surface area contributed by atoms with Gasteiger partial charge >= 0.3 is 0 Å². The van der Waals surface area contributed by atoms with Crippen LogP contribution in [0.25, 0.3) is 0 Å². The van der Waals surface area contributed by atoms with Gasteiger partial charge in [-0.15, -0.1) is 0 Å². The number of methoxy groups -OCH3 is 1. The molecule has 9 heteroatoms. The summed E-state index contributed by atoms with van der Waals surface area (Å²) in [4.78, 5) is 4.11. The van der Waals surface area contributed by atoms with Gasteiger partial charge in [-0.2, -0.15) is 0 Å². The highest BCUT2D eigenvalue weighted by Crippen LogP contribution is 2.44. The molecule has 3 atom stereocenters. The summed E-state index contributed by atoms with van der Waals surface area (Å²) in [6.45, 7) is 0.612. The van der Waals surface area contributed by atoms with Crippen molar-refractivity contribution in [3.8, 4) is 0 Å². The Balaban J connectivity index is 1.70. The highest BCUT2D eigenvalue weighted by atomic mass is 35.5. The molecule has 5 nitrogen and oxygen atoms in total. The highest BCUT2D eigenvalue weighted by molar-refractivity contribution is 6.35. The van der Waals surface area contributed by atoms with Gasteiger partial charge in [-0.05, 0) is 24.3 Å². The van der Waals surface area contributed by atoms with Crippen LogP contribution in [0.2, 0.25) is 20.1 Å². The number of benzene rings is 2. The molecule has 0 spiro atoms. The standard InChI is InChI=1S/C21H18Cl4N2O3/c1-28-20(15-4-2-13(22)8-17(15)24)19-10-29-21(30-19,11-27-7-6-26-12-27)16-5-3-14(23)9-18(16)25/h2-9,12,19-20H,10-11H2,1H3/t19-,20?,21+/m0/s1. The van der Waals surface area contributed by atoms with Crippen LogP contribution in [0.4, 0.5) is 0 Å². The van der Waals surface area contributed by atoms with Crippen LogP contribution in [-0.4, -0.2) is 29.4 Å². The van der Waals surface area contributed by atoms with Crippen LogP contribution in [-0.2, 0) is 26.5 Å². The Labute approximate surface area is 194 Å². The number of hydrogen-bond acceptors (Lipinski definition) is 4. The maximum absolute atomic E-state index is 6.52. The third-order valence-electron chi connectivity index (χ3n) is 4.97. The first kappa shape index (κ1) is 21.9. The van der Waals surface area contributed by atoms with E-state index in [1.165, 1.54) is 0 Å². The van der Waals surface area contributed by atoms with Gasteiger partial charge in [0.15, 0.2) is 0 Å². The minimum atomic E-state index is -1.15. The lowest BCUT2D eigenvalue weighted by atomic mass is 10.0. The van der Waals surface area contributed by atoms with E-state index in [-0.39, 0.29) is 6.61 Å². The molecule has 1 aliphatic rings. The van der Waals surface area contributed by atoms with Gasteiger partial charge in [0.25, 0.3) is 0 Å². The third-order valence-corrected chi connectivity index (χ3v) is 6.08. The Morgan fingerprint density at radius 3 is 2.50 bits per heavy atom. The van der Waals surface area contributed by atoms with E-state index in [1.807, 2.05) is 16.8 Å². The van der Waals surface area contributed by atoms with Gasteiger partial charge in [-0.25, -0.2) is 4.98 Å². The molecule has 30 heavy (non-hydrogen) atoms. The molecule has 1 aromatic heterocycles. The summed E-state index contributed by atoms with van der Waals surface area (Å²) >= 11 is 25.1. The molecular formula is C21H18Cl4N2O3. The molecule has 3 aromatic rings. The van der Waals surface area contributed by atoms with E-state index in [9.17, 15) is 0 Å². The molecular weight excluding hydrogens is 470 g/mol. The molecule has 4 rings (SSSR count). The summed E-state index contributed by atoms with van der Waals surface area (Å²) < 4.78 is 20.4. The molecule has 1 fully saturated rings. The van der Waals surface area contributed by atoms with Crippen molar-refractivity contribution in [3.63, 3.8) is 0 Å². The molecule has 1 aliphatic heterocycles. The van der Waals surface area contributed by atoms with E-state index in [0.29, 0.717) is 32.2 Å². The molecule has 1 unspecified atom stereocenters. The van der Waals surface area contributed by atoms with Crippen LogP contribution < -0.4 is 0 Å². The number of hydrogen-bond donors (Lipinski definition) is 0. The first-order valence-electron chi connectivity index (χ1n) is 9.12. The average molecular weight is 488 g/mol. The minimum absolute atomic E-state index is 0.269. The Morgan fingerprint density at radius 1 is 1.13 bits per heavy atom. The molecule has 158 valence electrons. The van der Waals surface area contributed by atoms with Crippen molar-refractivity contribution in [1.82, 2.24) is 9.55 Å². The quantitative estimate of drug-likeness (QED) is 0.418. The number of nitrogens with zero attached hydrogens (tertiary/aromatic N) is 2. The zero-order valence-electron chi connectivity index (χ0n) is 15.9. The van der Waals surface area contributed by atoms with Crippen LogP contribution in [0, 0.1) is 0 Å². The predicted molar refractivity (Wildman–Crippen MR) is 117 cm³/mol. The molecule has 0 radical (unpaired) electrons. The van der Waals surface area contributed by atoms with E-state index < -0.39 is 18.0 Å². The van der Waals surface area contributed by atoms with Crippen molar-refractivity contribution < 1.29 is 14.2 Å². The lowest BCUT2D eigenvalue weighted by Crippen LogP contribution is -2.35. The van der Waals surface area contributed by atoms with Crippen molar-refractivity contribution in [2.75, 3.05) is 13.7 Å². The molecule has 2 heterocycles. The van der Waals surface area contributed by atoms with Gasteiger partial charge in [0.2, 0.25) is 5.79 Å². The number of halogens is 4. The lowest BCUT2D eigenvalue weighted by molar-refractivity contribution is -0.198. The molecule has 1 saturated heterocycles. The molecule has 2 aromatic carbocycles. The molecule has 0 N–H and O–H groups in total. The second-order valence-corrected chi connectivity index (χ2v) is 8.59. The van der Waals surface area contributed by atoms with Gasteiger partial charge in [-0.1, -0.05) is 58.5 Å². The fourth-order valence-corrected chi connectivity index (χ4v) is 4.69. The van der Waals surface area contributed by atoms with Crippen molar-refractivity contribution in [2.24, 2.45) is 0 Å². The summed E-state index contributed by atoms with van der Waals surface area (Å²) in [5.41, 5.74) is 1.43. The first-order chi connectivity index (χ1) is 14.4. The van der Waals surface area contributed by atoms with Gasteiger partial charge in [0.1, 0.15) is 12.2 Å². The number of aromatic nitrogens is 2. The van der Waals surface area contributed by atoms with Crippen molar-refractivity contribution in [1.29, 1.82) is 0 Å². The number of imidazole rings is 1. The minimum Gasteiger partial charge on any atom is -0.374 e. The van der Waals surface area contributed by atoms with Crippen LogP contribution in [0.1, 0.15) is 17.2 Å². The molecule has 0 amide bonds. The largest absolute Gasteiger partial charge is 0.374 e.